The molecule has 0 aromatic carbocycles. The summed E-state index contributed by atoms with van der Waals surface area (Å²) in [7, 11) is 0. The zero-order valence-corrected chi connectivity index (χ0v) is 11.5. The van der Waals surface area contributed by atoms with E-state index in [0.29, 0.717) is 0 Å². The van der Waals surface area contributed by atoms with Crippen molar-refractivity contribution in [3.8, 4) is 0 Å². The van der Waals surface area contributed by atoms with Gasteiger partial charge in [-0.25, -0.2) is 0 Å². The molecular formula is C14H29N3. The van der Waals surface area contributed by atoms with Crippen LogP contribution in [0, 0.1) is 0 Å². The van der Waals surface area contributed by atoms with E-state index in [-0.39, 0.29) is 0 Å². The van der Waals surface area contributed by atoms with Crippen LogP contribution in [-0.2, 0) is 0 Å². The fourth-order valence-corrected chi connectivity index (χ4v) is 2.21. The van der Waals surface area contributed by atoms with Crippen molar-refractivity contribution in [1.29, 1.82) is 0 Å². The van der Waals surface area contributed by atoms with Crippen molar-refractivity contribution in [3.05, 3.63) is 11.6 Å². The van der Waals surface area contributed by atoms with Crippen LogP contribution in [0.25, 0.3) is 0 Å². The summed E-state index contributed by atoms with van der Waals surface area (Å²) in [6, 6.07) is 0.732. The molecule has 0 radical (unpaired) electrons. The average molecular weight is 239 g/mol. The molecular weight excluding hydrogens is 210 g/mol. The molecule has 0 unspecified atom stereocenters. The predicted molar refractivity (Wildman–Crippen MR) is 75.2 cm³/mol. The van der Waals surface area contributed by atoms with Gasteiger partial charge in [-0.15, -0.1) is 0 Å². The number of nitrogens with two attached hydrogens (primary N) is 1. The van der Waals surface area contributed by atoms with Gasteiger partial charge in [-0.1, -0.05) is 11.6 Å². The molecule has 0 bridgehead atoms. The van der Waals surface area contributed by atoms with Crippen LogP contribution >= 0.6 is 0 Å². The molecule has 1 aliphatic rings. The molecule has 3 nitrogen and oxygen atoms in total. The summed E-state index contributed by atoms with van der Waals surface area (Å²) < 4.78 is 0. The lowest BCUT2D eigenvalue weighted by Gasteiger charge is -2.31. The van der Waals surface area contributed by atoms with Crippen molar-refractivity contribution in [2.45, 2.75) is 45.6 Å². The van der Waals surface area contributed by atoms with Gasteiger partial charge in [-0.3, -0.25) is 4.90 Å². The molecule has 0 saturated carbocycles. The van der Waals surface area contributed by atoms with Crippen LogP contribution in [0.2, 0.25) is 0 Å². The molecule has 1 fully saturated rings. The van der Waals surface area contributed by atoms with Crippen LogP contribution in [0.5, 0.6) is 0 Å². The minimum absolute atomic E-state index is 0.732. The van der Waals surface area contributed by atoms with E-state index >= 15 is 0 Å². The van der Waals surface area contributed by atoms with Gasteiger partial charge in [0.2, 0.25) is 0 Å². The smallest absolute Gasteiger partial charge is 0.0165 e. The molecule has 3 heteroatoms. The minimum Gasteiger partial charge on any atom is -0.330 e. The first-order valence-corrected chi connectivity index (χ1v) is 7.01. The summed E-state index contributed by atoms with van der Waals surface area (Å²) in [5, 5.41) is 3.64. The predicted octanol–water partition coefficient (Wildman–Crippen LogP) is 1.75. The SMILES string of the molecule is CC(C)=CCN1CCC(NCCCCN)CC1. The van der Waals surface area contributed by atoms with Crippen molar-refractivity contribution in [2.75, 3.05) is 32.7 Å². The Hall–Kier alpha value is -0.380. The number of likely N-dealkylation sites (tertiary alicyclic amines) is 1. The fraction of sp³-hybridized carbons (Fsp3) is 0.857. The second kappa shape index (κ2) is 8.67. The topological polar surface area (TPSA) is 41.3 Å². The van der Waals surface area contributed by atoms with Gasteiger partial charge in [0, 0.05) is 12.6 Å². The number of rotatable bonds is 7. The average Bonchev–Trinajstić information content (AvgIpc) is 2.33. The summed E-state index contributed by atoms with van der Waals surface area (Å²) >= 11 is 0. The Balaban J connectivity index is 2.07. The van der Waals surface area contributed by atoms with E-state index < -0.39 is 0 Å². The Morgan fingerprint density at radius 2 is 2.00 bits per heavy atom. The van der Waals surface area contributed by atoms with Gasteiger partial charge in [0.15, 0.2) is 0 Å². The van der Waals surface area contributed by atoms with Gasteiger partial charge >= 0.3 is 0 Å². The fourth-order valence-electron chi connectivity index (χ4n) is 2.21. The number of nitrogens with zero attached hydrogens (tertiary/aromatic N) is 1. The van der Waals surface area contributed by atoms with Crippen molar-refractivity contribution in [2.24, 2.45) is 5.73 Å². The molecule has 0 amide bonds. The van der Waals surface area contributed by atoms with E-state index in [0.717, 1.165) is 32.1 Å². The molecule has 3 N–H and O–H groups in total. The number of nitrogens with one attached hydrogen (secondary N) is 1. The molecule has 100 valence electrons. The van der Waals surface area contributed by atoms with Gasteiger partial charge in [0.05, 0.1) is 0 Å². The molecule has 1 rings (SSSR count). The molecule has 0 aromatic rings. The summed E-state index contributed by atoms with van der Waals surface area (Å²) in [6.07, 6.45) is 7.27. The first-order chi connectivity index (χ1) is 8.22. The van der Waals surface area contributed by atoms with Crippen LogP contribution in [0.15, 0.2) is 11.6 Å². The largest absolute Gasteiger partial charge is 0.330 e. The van der Waals surface area contributed by atoms with E-state index in [1.165, 1.54) is 37.9 Å². The summed E-state index contributed by atoms with van der Waals surface area (Å²) in [5.41, 5.74) is 6.91. The van der Waals surface area contributed by atoms with Crippen molar-refractivity contribution < 1.29 is 0 Å². The second-order valence-electron chi connectivity index (χ2n) is 5.31. The minimum atomic E-state index is 0.732. The van der Waals surface area contributed by atoms with Crippen molar-refractivity contribution in [1.82, 2.24) is 10.2 Å². The Labute approximate surface area is 106 Å². The van der Waals surface area contributed by atoms with E-state index in [2.05, 4.69) is 30.1 Å². The van der Waals surface area contributed by atoms with Crippen LogP contribution in [-0.4, -0.2) is 43.7 Å². The number of piperidine rings is 1. The Morgan fingerprint density at radius 1 is 1.29 bits per heavy atom. The lowest BCUT2D eigenvalue weighted by atomic mass is 10.0. The van der Waals surface area contributed by atoms with Gasteiger partial charge in [-0.2, -0.15) is 0 Å². The number of unbranched alkanes of at least 4 members (excludes halogenated alkanes) is 1. The highest BCUT2D eigenvalue weighted by molar-refractivity contribution is 4.95. The van der Waals surface area contributed by atoms with Crippen LogP contribution < -0.4 is 11.1 Å². The van der Waals surface area contributed by atoms with Crippen LogP contribution in [0.1, 0.15) is 39.5 Å². The third-order valence-corrected chi connectivity index (χ3v) is 3.41. The molecule has 0 aromatic heterocycles. The van der Waals surface area contributed by atoms with Gasteiger partial charge in [0.1, 0.15) is 0 Å². The maximum absolute atomic E-state index is 5.48. The summed E-state index contributed by atoms with van der Waals surface area (Å²) in [6.45, 7) is 9.90. The third kappa shape index (κ3) is 6.81. The maximum atomic E-state index is 5.48. The first-order valence-electron chi connectivity index (χ1n) is 7.01. The maximum Gasteiger partial charge on any atom is 0.0165 e. The van der Waals surface area contributed by atoms with Crippen LogP contribution in [0.3, 0.4) is 0 Å². The van der Waals surface area contributed by atoms with E-state index in [4.69, 9.17) is 5.73 Å². The summed E-state index contributed by atoms with van der Waals surface area (Å²) in [5.74, 6) is 0. The highest BCUT2D eigenvalue weighted by atomic mass is 15.1. The van der Waals surface area contributed by atoms with Gasteiger partial charge in [-0.05, 0) is 65.7 Å². The molecule has 1 heterocycles. The summed E-state index contributed by atoms with van der Waals surface area (Å²) in [4.78, 5) is 2.55. The monoisotopic (exact) mass is 239 g/mol. The van der Waals surface area contributed by atoms with Crippen molar-refractivity contribution in [3.63, 3.8) is 0 Å². The van der Waals surface area contributed by atoms with E-state index in [1.54, 1.807) is 0 Å². The lowest BCUT2D eigenvalue weighted by Crippen LogP contribution is -2.42. The highest BCUT2D eigenvalue weighted by Gasteiger charge is 2.17. The van der Waals surface area contributed by atoms with E-state index in [9.17, 15) is 0 Å². The molecule has 0 aliphatic carbocycles. The Morgan fingerprint density at radius 3 is 2.59 bits per heavy atom. The Kier molecular flexibility index (Phi) is 7.49. The van der Waals surface area contributed by atoms with E-state index in [1.807, 2.05) is 0 Å². The van der Waals surface area contributed by atoms with Crippen molar-refractivity contribution >= 4 is 0 Å². The highest BCUT2D eigenvalue weighted by Crippen LogP contribution is 2.10. The molecule has 17 heavy (non-hydrogen) atoms. The number of hydrogen-bond acceptors (Lipinski definition) is 3. The van der Waals surface area contributed by atoms with Gasteiger partial charge in [0.25, 0.3) is 0 Å². The normalized spacial score (nSPS) is 18.3. The number of hydrogen-bond donors (Lipinski definition) is 2. The molecule has 1 saturated heterocycles. The molecule has 0 atom stereocenters. The standard InChI is InChI=1S/C14H29N3/c1-13(2)5-10-17-11-6-14(7-12-17)16-9-4-3-8-15/h5,14,16H,3-4,6-12,15H2,1-2H3. The lowest BCUT2D eigenvalue weighted by molar-refractivity contribution is 0.215. The van der Waals surface area contributed by atoms with Gasteiger partial charge < -0.3 is 11.1 Å². The molecule has 0 spiro atoms. The Bertz CT molecular complexity index is 214. The third-order valence-electron chi connectivity index (χ3n) is 3.41. The molecule has 1 aliphatic heterocycles. The van der Waals surface area contributed by atoms with Crippen LogP contribution in [0.4, 0.5) is 0 Å². The zero-order chi connectivity index (χ0) is 12.5. The zero-order valence-electron chi connectivity index (χ0n) is 11.5. The second-order valence-corrected chi connectivity index (χ2v) is 5.31. The first kappa shape index (κ1) is 14.7. The quantitative estimate of drug-likeness (QED) is 0.525. The number of allylic oxidation sites excluding steroid dienone is 1.